The average molecular weight is 298 g/mol. The molecule has 0 spiro atoms. The molecule has 3 rings (SSSR count). The van der Waals surface area contributed by atoms with Gasteiger partial charge in [0.1, 0.15) is 0 Å². The van der Waals surface area contributed by atoms with Crippen molar-refractivity contribution in [3.05, 3.63) is 47.8 Å². The van der Waals surface area contributed by atoms with Crippen LogP contribution in [0.5, 0.6) is 0 Å². The van der Waals surface area contributed by atoms with E-state index >= 15 is 0 Å². The number of rotatable bonds is 3. The second kappa shape index (κ2) is 5.93. The fourth-order valence-electron chi connectivity index (χ4n) is 3.15. The summed E-state index contributed by atoms with van der Waals surface area (Å²) in [5, 5.41) is 4.50. The molecule has 2 atom stereocenters. The van der Waals surface area contributed by atoms with Crippen molar-refractivity contribution in [1.29, 1.82) is 0 Å². The second-order valence-corrected chi connectivity index (χ2v) is 6.06. The van der Waals surface area contributed by atoms with Crippen molar-refractivity contribution >= 4 is 5.91 Å². The molecular formula is C17H22N4O. The molecule has 2 unspecified atom stereocenters. The Morgan fingerprint density at radius 2 is 2.09 bits per heavy atom. The van der Waals surface area contributed by atoms with Crippen molar-refractivity contribution in [1.82, 2.24) is 14.7 Å². The fourth-order valence-corrected chi connectivity index (χ4v) is 3.15. The van der Waals surface area contributed by atoms with Gasteiger partial charge >= 0.3 is 0 Å². The highest BCUT2D eigenvalue weighted by Crippen LogP contribution is 2.24. The molecule has 5 heteroatoms. The number of amides is 1. The number of hydrogen-bond donors (Lipinski definition) is 1. The summed E-state index contributed by atoms with van der Waals surface area (Å²) in [6, 6.07) is 11.9. The maximum absolute atomic E-state index is 12.7. The number of benzene rings is 1. The van der Waals surface area contributed by atoms with Gasteiger partial charge in [-0.15, -0.1) is 0 Å². The maximum atomic E-state index is 12.7. The van der Waals surface area contributed by atoms with E-state index in [1.54, 1.807) is 0 Å². The van der Waals surface area contributed by atoms with E-state index in [9.17, 15) is 4.79 Å². The minimum absolute atomic E-state index is 0.00114. The number of hydrogen-bond acceptors (Lipinski definition) is 3. The SMILES string of the molecule is Cc1cc(C(=O)N2CC(CN)CC2C)nn1-c1ccccc1. The van der Waals surface area contributed by atoms with Crippen molar-refractivity contribution in [2.45, 2.75) is 26.3 Å². The second-order valence-electron chi connectivity index (χ2n) is 6.06. The molecule has 0 aliphatic carbocycles. The third kappa shape index (κ3) is 2.64. The van der Waals surface area contributed by atoms with Gasteiger partial charge in [0.25, 0.3) is 5.91 Å². The number of nitrogens with two attached hydrogens (primary N) is 1. The third-order valence-electron chi connectivity index (χ3n) is 4.36. The highest BCUT2D eigenvalue weighted by molar-refractivity contribution is 5.93. The number of carbonyl (C=O) groups excluding carboxylic acids is 1. The summed E-state index contributed by atoms with van der Waals surface area (Å²) in [6.45, 7) is 5.40. The van der Waals surface area contributed by atoms with Gasteiger partial charge in [0.05, 0.1) is 5.69 Å². The van der Waals surface area contributed by atoms with E-state index in [2.05, 4.69) is 12.0 Å². The van der Waals surface area contributed by atoms with Crippen LogP contribution in [0.4, 0.5) is 0 Å². The first kappa shape index (κ1) is 14.8. The van der Waals surface area contributed by atoms with Crippen LogP contribution in [0.2, 0.25) is 0 Å². The van der Waals surface area contributed by atoms with Gasteiger partial charge in [-0.2, -0.15) is 5.10 Å². The zero-order valence-corrected chi connectivity index (χ0v) is 13.1. The van der Waals surface area contributed by atoms with Crippen molar-refractivity contribution in [3.63, 3.8) is 0 Å². The molecule has 2 N–H and O–H groups in total. The zero-order valence-electron chi connectivity index (χ0n) is 13.1. The Morgan fingerprint density at radius 1 is 1.36 bits per heavy atom. The van der Waals surface area contributed by atoms with Gasteiger partial charge in [-0.05, 0) is 50.9 Å². The van der Waals surface area contributed by atoms with Crippen LogP contribution in [0, 0.1) is 12.8 Å². The first-order chi connectivity index (χ1) is 10.6. The number of carbonyl (C=O) groups is 1. The van der Waals surface area contributed by atoms with Gasteiger partial charge in [-0.3, -0.25) is 4.79 Å². The predicted octanol–water partition coefficient (Wildman–Crippen LogP) is 1.99. The topological polar surface area (TPSA) is 64.2 Å². The van der Waals surface area contributed by atoms with Crippen LogP contribution in [0.25, 0.3) is 5.69 Å². The van der Waals surface area contributed by atoms with Gasteiger partial charge in [0.2, 0.25) is 0 Å². The molecule has 2 aromatic rings. The minimum atomic E-state index is 0.00114. The highest BCUT2D eigenvalue weighted by atomic mass is 16.2. The Kier molecular flexibility index (Phi) is 3.98. The summed E-state index contributed by atoms with van der Waals surface area (Å²) in [4.78, 5) is 14.6. The summed E-state index contributed by atoms with van der Waals surface area (Å²) in [7, 11) is 0. The fraction of sp³-hybridized carbons (Fsp3) is 0.412. The van der Waals surface area contributed by atoms with Crippen molar-refractivity contribution in [2.24, 2.45) is 11.7 Å². The quantitative estimate of drug-likeness (QED) is 0.942. The largest absolute Gasteiger partial charge is 0.334 e. The van der Waals surface area contributed by atoms with Crippen LogP contribution >= 0.6 is 0 Å². The minimum Gasteiger partial charge on any atom is -0.334 e. The van der Waals surface area contributed by atoms with Crippen molar-refractivity contribution in [3.8, 4) is 5.69 Å². The van der Waals surface area contributed by atoms with Gasteiger partial charge in [0, 0.05) is 18.3 Å². The Morgan fingerprint density at radius 3 is 2.73 bits per heavy atom. The molecule has 0 radical (unpaired) electrons. The van der Waals surface area contributed by atoms with Crippen LogP contribution in [-0.4, -0.2) is 39.7 Å². The van der Waals surface area contributed by atoms with Crippen LogP contribution in [-0.2, 0) is 0 Å². The smallest absolute Gasteiger partial charge is 0.274 e. The number of nitrogens with zero attached hydrogens (tertiary/aromatic N) is 3. The molecule has 1 aromatic heterocycles. The van der Waals surface area contributed by atoms with Gasteiger partial charge in [0.15, 0.2) is 5.69 Å². The molecule has 1 aromatic carbocycles. The predicted molar refractivity (Wildman–Crippen MR) is 86.0 cm³/mol. The van der Waals surface area contributed by atoms with Crippen molar-refractivity contribution in [2.75, 3.05) is 13.1 Å². The van der Waals surface area contributed by atoms with E-state index < -0.39 is 0 Å². The number of aromatic nitrogens is 2. The molecule has 1 amide bonds. The molecular weight excluding hydrogens is 276 g/mol. The van der Waals surface area contributed by atoms with E-state index in [1.165, 1.54) is 0 Å². The number of para-hydroxylation sites is 1. The molecule has 2 heterocycles. The summed E-state index contributed by atoms with van der Waals surface area (Å²) in [5.74, 6) is 0.400. The zero-order chi connectivity index (χ0) is 15.7. The van der Waals surface area contributed by atoms with Gasteiger partial charge in [-0.1, -0.05) is 18.2 Å². The molecule has 1 aliphatic heterocycles. The van der Waals surface area contributed by atoms with E-state index in [-0.39, 0.29) is 11.9 Å². The molecule has 0 saturated carbocycles. The molecule has 1 saturated heterocycles. The third-order valence-corrected chi connectivity index (χ3v) is 4.36. The molecule has 1 fully saturated rings. The van der Waals surface area contributed by atoms with E-state index in [0.717, 1.165) is 24.3 Å². The molecule has 22 heavy (non-hydrogen) atoms. The number of likely N-dealkylation sites (tertiary alicyclic amines) is 1. The van der Waals surface area contributed by atoms with Crippen LogP contribution < -0.4 is 5.73 Å². The Labute approximate surface area is 130 Å². The molecule has 0 bridgehead atoms. The summed E-state index contributed by atoms with van der Waals surface area (Å²) < 4.78 is 1.81. The van der Waals surface area contributed by atoms with E-state index in [4.69, 9.17) is 5.73 Å². The summed E-state index contributed by atoms with van der Waals surface area (Å²) in [5.41, 5.74) is 8.17. The van der Waals surface area contributed by atoms with E-state index in [0.29, 0.717) is 18.2 Å². The number of aryl methyl sites for hydroxylation is 1. The summed E-state index contributed by atoms with van der Waals surface area (Å²) >= 11 is 0. The first-order valence-electron chi connectivity index (χ1n) is 7.73. The van der Waals surface area contributed by atoms with Crippen LogP contribution in [0.15, 0.2) is 36.4 Å². The van der Waals surface area contributed by atoms with Crippen LogP contribution in [0.3, 0.4) is 0 Å². The lowest BCUT2D eigenvalue weighted by molar-refractivity contribution is 0.0737. The van der Waals surface area contributed by atoms with Crippen molar-refractivity contribution < 1.29 is 4.79 Å². The molecule has 5 nitrogen and oxygen atoms in total. The standard InChI is InChI=1S/C17H22N4O/c1-12-8-14(10-18)11-20(12)17(22)16-9-13(2)21(19-16)15-6-4-3-5-7-15/h3-7,9,12,14H,8,10-11,18H2,1-2H3. The van der Waals surface area contributed by atoms with Gasteiger partial charge in [-0.25, -0.2) is 4.68 Å². The normalized spacial score (nSPS) is 21.3. The monoisotopic (exact) mass is 298 g/mol. The molecule has 1 aliphatic rings. The Bertz CT molecular complexity index is 665. The average Bonchev–Trinajstić information content (AvgIpc) is 3.10. The first-order valence-corrected chi connectivity index (χ1v) is 7.73. The lowest BCUT2D eigenvalue weighted by Crippen LogP contribution is -2.34. The summed E-state index contributed by atoms with van der Waals surface area (Å²) in [6.07, 6.45) is 0.973. The van der Waals surface area contributed by atoms with Gasteiger partial charge < -0.3 is 10.6 Å². The lowest BCUT2D eigenvalue weighted by Gasteiger charge is -2.20. The van der Waals surface area contributed by atoms with E-state index in [1.807, 2.05) is 52.9 Å². The highest BCUT2D eigenvalue weighted by Gasteiger charge is 2.33. The lowest BCUT2D eigenvalue weighted by atomic mass is 10.1. The maximum Gasteiger partial charge on any atom is 0.274 e. The van der Waals surface area contributed by atoms with Crippen LogP contribution in [0.1, 0.15) is 29.5 Å². The Balaban J connectivity index is 1.86. The Hall–Kier alpha value is -2.14. The molecule has 116 valence electrons.